The van der Waals surface area contributed by atoms with Crippen LogP contribution < -0.4 is 4.74 Å². The Morgan fingerprint density at radius 1 is 1.17 bits per heavy atom. The molecule has 1 N–H and O–H groups in total. The van der Waals surface area contributed by atoms with Crippen LogP contribution >= 0.6 is 34.3 Å². The Labute approximate surface area is 183 Å². The molecule has 0 fully saturated rings. The summed E-state index contributed by atoms with van der Waals surface area (Å²) in [6, 6.07) is 11.8. The maximum absolute atomic E-state index is 11.0. The first kappa shape index (κ1) is 20.5. The number of thiophene rings is 2. The number of carboxylic acid groups (broad SMARTS) is 1. The summed E-state index contributed by atoms with van der Waals surface area (Å²) in [6.45, 7) is 0.722. The van der Waals surface area contributed by atoms with E-state index in [-0.39, 0.29) is 0 Å². The van der Waals surface area contributed by atoms with Crippen molar-refractivity contribution in [1.82, 2.24) is 0 Å². The zero-order chi connectivity index (χ0) is 20.2. The summed E-state index contributed by atoms with van der Waals surface area (Å²) < 4.78 is 7.98. The molecule has 1 atom stereocenters. The van der Waals surface area contributed by atoms with E-state index >= 15 is 0 Å². The van der Waals surface area contributed by atoms with Gasteiger partial charge in [-0.25, -0.2) is 4.79 Å². The zero-order valence-corrected chi connectivity index (χ0v) is 18.4. The van der Waals surface area contributed by atoms with Crippen LogP contribution in [0.15, 0.2) is 48.0 Å². The number of aryl methyl sites for hydroxylation is 1. The summed E-state index contributed by atoms with van der Waals surface area (Å²) in [5.74, 6) is 0.681. The minimum atomic E-state index is -0.832. The van der Waals surface area contributed by atoms with Crippen molar-refractivity contribution in [3.63, 3.8) is 0 Å². The van der Waals surface area contributed by atoms with E-state index in [4.69, 9.17) is 21.4 Å². The molecule has 0 aliphatic heterocycles. The number of allylic oxidation sites excluding steroid dienone is 2. The highest BCUT2D eigenvalue weighted by Crippen LogP contribution is 2.34. The van der Waals surface area contributed by atoms with E-state index in [1.165, 1.54) is 17.8 Å². The van der Waals surface area contributed by atoms with Gasteiger partial charge >= 0.3 is 5.97 Å². The van der Waals surface area contributed by atoms with E-state index in [9.17, 15) is 4.79 Å². The fourth-order valence-corrected chi connectivity index (χ4v) is 6.01. The number of hydrogen-bond acceptors (Lipinski definition) is 4. The number of aromatic carboxylic acids is 1. The third kappa shape index (κ3) is 5.21. The molecule has 152 valence electrons. The summed E-state index contributed by atoms with van der Waals surface area (Å²) in [6.07, 6.45) is 8.89. The third-order valence-electron chi connectivity index (χ3n) is 5.40. The van der Waals surface area contributed by atoms with Crippen molar-refractivity contribution in [2.45, 2.75) is 38.5 Å². The molecule has 0 saturated carbocycles. The molecule has 6 heteroatoms. The summed E-state index contributed by atoms with van der Waals surface area (Å²) in [5, 5.41) is 10.2. The molecule has 29 heavy (non-hydrogen) atoms. The van der Waals surface area contributed by atoms with Gasteiger partial charge in [-0.3, -0.25) is 0 Å². The number of fused-ring (bicyclic) bond motifs is 1. The largest absolute Gasteiger partial charge is 0.494 e. The van der Waals surface area contributed by atoms with Crippen molar-refractivity contribution in [3.8, 4) is 5.75 Å². The number of hydrogen-bond donors (Lipinski definition) is 1. The SMILES string of the molecule is O=C(O)c1ccc(CCCC2=CCC[C@@H]2CCOc2ccc3cc(Cl)sc3c2)s1. The van der Waals surface area contributed by atoms with E-state index < -0.39 is 5.97 Å². The second kappa shape index (κ2) is 9.33. The van der Waals surface area contributed by atoms with Crippen molar-refractivity contribution in [3.05, 3.63) is 62.1 Å². The Balaban J connectivity index is 1.23. The Morgan fingerprint density at radius 2 is 2.07 bits per heavy atom. The molecule has 0 unspecified atom stereocenters. The average molecular weight is 447 g/mol. The Morgan fingerprint density at radius 3 is 2.90 bits per heavy atom. The van der Waals surface area contributed by atoms with Crippen molar-refractivity contribution in [1.29, 1.82) is 0 Å². The molecule has 3 nitrogen and oxygen atoms in total. The molecule has 0 bridgehead atoms. The highest BCUT2D eigenvalue weighted by atomic mass is 35.5. The normalized spacial score (nSPS) is 16.3. The van der Waals surface area contributed by atoms with Gasteiger partial charge in [-0.15, -0.1) is 22.7 Å². The summed E-state index contributed by atoms with van der Waals surface area (Å²) >= 11 is 9.06. The van der Waals surface area contributed by atoms with Crippen LogP contribution in [0.2, 0.25) is 4.34 Å². The number of carboxylic acids is 1. The standard InChI is InChI=1S/C23H23ClO3S2/c24-22-13-17-7-8-18(14-21(17)29-22)27-12-11-16-4-1-3-15(16)5-2-6-19-9-10-20(28-19)23(25)26/h3,7-10,13-14,16H,1-2,4-6,11-12H2,(H,25,26)/t16-/m1/s1. The first-order valence-electron chi connectivity index (χ1n) is 9.91. The molecule has 1 aliphatic rings. The molecule has 0 saturated heterocycles. The van der Waals surface area contributed by atoms with Gasteiger partial charge in [0.15, 0.2) is 0 Å². The van der Waals surface area contributed by atoms with Crippen LogP contribution in [0.25, 0.3) is 10.1 Å². The minimum absolute atomic E-state index is 0.429. The number of halogens is 1. The highest BCUT2D eigenvalue weighted by Gasteiger charge is 2.19. The lowest BCUT2D eigenvalue weighted by Crippen LogP contribution is -2.07. The van der Waals surface area contributed by atoms with Crippen LogP contribution in [-0.4, -0.2) is 17.7 Å². The van der Waals surface area contributed by atoms with Crippen LogP contribution in [0, 0.1) is 5.92 Å². The molecule has 0 radical (unpaired) electrons. The van der Waals surface area contributed by atoms with Gasteiger partial charge in [0.05, 0.1) is 10.9 Å². The number of ether oxygens (including phenoxy) is 1. The Bertz CT molecular complexity index is 1030. The van der Waals surface area contributed by atoms with E-state index in [1.54, 1.807) is 23.0 Å². The Kier molecular flexibility index (Phi) is 6.58. The third-order valence-corrected chi connectivity index (χ3v) is 7.76. The monoisotopic (exact) mass is 446 g/mol. The molecule has 0 spiro atoms. The molecule has 4 rings (SSSR count). The van der Waals surface area contributed by atoms with Crippen LogP contribution in [0.4, 0.5) is 0 Å². The summed E-state index contributed by atoms with van der Waals surface area (Å²) in [4.78, 5) is 12.6. The predicted molar refractivity (Wildman–Crippen MR) is 122 cm³/mol. The number of carbonyl (C=O) groups is 1. The van der Waals surface area contributed by atoms with Crippen molar-refractivity contribution in [2.24, 2.45) is 5.92 Å². The van der Waals surface area contributed by atoms with Crippen molar-refractivity contribution in [2.75, 3.05) is 6.61 Å². The molecule has 2 aromatic heterocycles. The smallest absolute Gasteiger partial charge is 0.345 e. The summed E-state index contributed by atoms with van der Waals surface area (Å²) in [5.41, 5.74) is 1.55. The van der Waals surface area contributed by atoms with E-state index in [0.29, 0.717) is 10.8 Å². The minimum Gasteiger partial charge on any atom is -0.494 e. The molecule has 3 aromatic rings. The fraction of sp³-hybridized carbons (Fsp3) is 0.348. The lowest BCUT2D eigenvalue weighted by molar-refractivity contribution is 0.0702. The van der Waals surface area contributed by atoms with Gasteiger partial charge in [-0.2, -0.15) is 0 Å². The second-order valence-electron chi connectivity index (χ2n) is 7.37. The lowest BCUT2D eigenvalue weighted by Gasteiger charge is -2.15. The molecule has 1 aromatic carbocycles. The van der Waals surface area contributed by atoms with Gasteiger partial charge in [0.25, 0.3) is 0 Å². The van der Waals surface area contributed by atoms with Gasteiger partial charge in [0, 0.05) is 9.58 Å². The maximum atomic E-state index is 11.0. The Hall–Kier alpha value is -1.82. The van der Waals surface area contributed by atoms with Gasteiger partial charge < -0.3 is 9.84 Å². The van der Waals surface area contributed by atoms with Crippen LogP contribution in [0.3, 0.4) is 0 Å². The molecule has 0 amide bonds. The van der Waals surface area contributed by atoms with E-state index in [0.717, 1.165) is 63.8 Å². The highest BCUT2D eigenvalue weighted by molar-refractivity contribution is 7.22. The molecule has 2 heterocycles. The van der Waals surface area contributed by atoms with E-state index in [2.05, 4.69) is 18.2 Å². The number of rotatable bonds is 9. The zero-order valence-electron chi connectivity index (χ0n) is 16.0. The maximum Gasteiger partial charge on any atom is 0.345 e. The average Bonchev–Trinajstić information content (AvgIpc) is 3.41. The first-order chi connectivity index (χ1) is 14.1. The van der Waals surface area contributed by atoms with Crippen molar-refractivity contribution < 1.29 is 14.6 Å². The topological polar surface area (TPSA) is 46.5 Å². The van der Waals surface area contributed by atoms with Gasteiger partial charge in [-0.05, 0) is 86.2 Å². The first-order valence-corrected chi connectivity index (χ1v) is 11.9. The van der Waals surface area contributed by atoms with Crippen LogP contribution in [0.1, 0.15) is 46.7 Å². The van der Waals surface area contributed by atoms with Gasteiger partial charge in [0.1, 0.15) is 10.6 Å². The van der Waals surface area contributed by atoms with Gasteiger partial charge in [-0.1, -0.05) is 23.3 Å². The molecule has 1 aliphatic carbocycles. The van der Waals surface area contributed by atoms with Crippen LogP contribution in [-0.2, 0) is 6.42 Å². The summed E-state index contributed by atoms with van der Waals surface area (Å²) in [7, 11) is 0. The van der Waals surface area contributed by atoms with Crippen molar-refractivity contribution >= 4 is 50.3 Å². The van der Waals surface area contributed by atoms with E-state index in [1.807, 2.05) is 18.2 Å². The second-order valence-corrected chi connectivity index (χ2v) is 10.2. The lowest BCUT2D eigenvalue weighted by atomic mass is 9.94. The fourth-order valence-electron chi connectivity index (χ4n) is 3.94. The quantitative estimate of drug-likeness (QED) is 0.347. The molecular formula is C23H23ClO3S2. The molecular weight excluding hydrogens is 424 g/mol. The number of benzene rings is 1. The predicted octanol–water partition coefficient (Wildman–Crippen LogP) is 7.44. The van der Waals surface area contributed by atoms with Gasteiger partial charge in [0.2, 0.25) is 0 Å². The van der Waals surface area contributed by atoms with Crippen LogP contribution in [0.5, 0.6) is 5.75 Å².